The number of aromatic carboxylic acids is 1. The van der Waals surface area contributed by atoms with Gasteiger partial charge in [-0.25, -0.2) is 14.8 Å². The van der Waals surface area contributed by atoms with Gasteiger partial charge in [0.15, 0.2) is 5.69 Å². The highest BCUT2D eigenvalue weighted by molar-refractivity contribution is 5.85. The first-order valence-electron chi connectivity index (χ1n) is 4.55. The van der Waals surface area contributed by atoms with Crippen LogP contribution in [-0.4, -0.2) is 30.7 Å². The molecule has 0 aliphatic heterocycles. The van der Waals surface area contributed by atoms with E-state index in [2.05, 4.69) is 9.97 Å². The minimum absolute atomic E-state index is 0.0308. The second kappa shape index (κ2) is 4.11. The lowest BCUT2D eigenvalue weighted by molar-refractivity contribution is 0.0690. The number of aliphatic hydroxyl groups is 1. The summed E-state index contributed by atoms with van der Waals surface area (Å²) < 4.78 is 1.55. The minimum atomic E-state index is -1.08. The van der Waals surface area contributed by atoms with Crippen LogP contribution in [0.3, 0.4) is 0 Å². The Bertz CT molecular complexity index is 522. The van der Waals surface area contributed by atoms with Crippen LogP contribution in [0.4, 0.5) is 0 Å². The van der Waals surface area contributed by atoms with Gasteiger partial charge in [-0.2, -0.15) is 0 Å². The van der Waals surface area contributed by atoms with Crippen LogP contribution in [-0.2, 0) is 6.61 Å². The monoisotopic (exact) mass is 219 g/mol. The highest BCUT2D eigenvalue weighted by Gasteiger charge is 2.06. The average Bonchev–Trinajstić information content (AvgIpc) is 2.77. The third-order valence-electron chi connectivity index (χ3n) is 2.02. The fraction of sp³-hybridized carbons (Fsp3) is 0.100. The van der Waals surface area contributed by atoms with Crippen molar-refractivity contribution in [3.05, 3.63) is 42.1 Å². The van der Waals surface area contributed by atoms with Crippen molar-refractivity contribution in [1.29, 1.82) is 0 Å². The molecule has 0 aliphatic rings. The number of rotatable bonds is 3. The number of pyridine rings is 1. The summed E-state index contributed by atoms with van der Waals surface area (Å²) in [5.74, 6) is -0.628. The quantitative estimate of drug-likeness (QED) is 0.782. The predicted molar refractivity (Wildman–Crippen MR) is 54.2 cm³/mol. The van der Waals surface area contributed by atoms with Gasteiger partial charge in [-0.15, -0.1) is 0 Å². The Kier molecular flexibility index (Phi) is 2.65. The van der Waals surface area contributed by atoms with Crippen molar-refractivity contribution in [1.82, 2.24) is 14.5 Å². The van der Waals surface area contributed by atoms with Crippen molar-refractivity contribution in [2.45, 2.75) is 6.61 Å². The number of hydrogen-bond acceptors (Lipinski definition) is 4. The molecule has 0 radical (unpaired) electrons. The molecule has 0 bridgehead atoms. The van der Waals surface area contributed by atoms with Crippen LogP contribution in [0.25, 0.3) is 5.82 Å². The van der Waals surface area contributed by atoms with E-state index in [9.17, 15) is 4.79 Å². The van der Waals surface area contributed by atoms with Crippen LogP contribution in [0, 0.1) is 0 Å². The molecule has 0 saturated heterocycles. The Morgan fingerprint density at radius 3 is 2.88 bits per heavy atom. The molecule has 0 atom stereocenters. The SMILES string of the molecule is O=C(O)c1cccc(-n2cnc(CO)c2)n1. The molecule has 0 saturated carbocycles. The smallest absolute Gasteiger partial charge is 0.354 e. The van der Waals surface area contributed by atoms with E-state index in [0.29, 0.717) is 11.5 Å². The molecule has 2 N–H and O–H groups in total. The molecule has 0 unspecified atom stereocenters. The highest BCUT2D eigenvalue weighted by atomic mass is 16.4. The average molecular weight is 219 g/mol. The fourth-order valence-electron chi connectivity index (χ4n) is 1.26. The van der Waals surface area contributed by atoms with Crippen molar-refractivity contribution in [3.63, 3.8) is 0 Å². The maximum atomic E-state index is 10.7. The molecule has 6 nitrogen and oxygen atoms in total. The van der Waals surface area contributed by atoms with Gasteiger partial charge in [-0.05, 0) is 12.1 Å². The van der Waals surface area contributed by atoms with Gasteiger partial charge in [-0.3, -0.25) is 4.57 Å². The number of carbonyl (C=O) groups is 1. The maximum absolute atomic E-state index is 10.7. The van der Waals surface area contributed by atoms with Crippen LogP contribution in [0.5, 0.6) is 0 Å². The zero-order chi connectivity index (χ0) is 11.5. The molecular weight excluding hydrogens is 210 g/mol. The zero-order valence-corrected chi connectivity index (χ0v) is 8.24. The van der Waals surface area contributed by atoms with E-state index >= 15 is 0 Å². The van der Waals surface area contributed by atoms with Gasteiger partial charge in [-0.1, -0.05) is 6.07 Å². The van der Waals surface area contributed by atoms with Crippen LogP contribution >= 0.6 is 0 Å². The standard InChI is InChI=1S/C10H9N3O3/c14-5-7-4-13(6-11-7)9-3-1-2-8(12-9)10(15)16/h1-4,6,14H,5H2,(H,15,16). The van der Waals surface area contributed by atoms with Crippen molar-refractivity contribution in [3.8, 4) is 5.82 Å². The molecule has 2 aromatic heterocycles. The van der Waals surface area contributed by atoms with Crippen LogP contribution in [0.2, 0.25) is 0 Å². The summed E-state index contributed by atoms with van der Waals surface area (Å²) in [7, 11) is 0. The number of hydrogen-bond donors (Lipinski definition) is 2. The summed E-state index contributed by atoms with van der Waals surface area (Å²) >= 11 is 0. The molecule has 0 fully saturated rings. The lowest BCUT2D eigenvalue weighted by Crippen LogP contribution is -2.03. The maximum Gasteiger partial charge on any atom is 0.354 e. The van der Waals surface area contributed by atoms with Crippen molar-refractivity contribution in [2.75, 3.05) is 0 Å². The molecule has 0 aliphatic carbocycles. The number of aromatic nitrogens is 3. The topological polar surface area (TPSA) is 88.2 Å². The molecule has 0 spiro atoms. The summed E-state index contributed by atoms with van der Waals surface area (Å²) in [6.07, 6.45) is 3.06. The molecule has 6 heteroatoms. The van der Waals surface area contributed by atoms with E-state index in [1.165, 1.54) is 12.4 Å². The summed E-state index contributed by atoms with van der Waals surface area (Å²) in [4.78, 5) is 18.6. The molecule has 16 heavy (non-hydrogen) atoms. The number of imidazole rings is 1. The Labute approximate surface area is 90.8 Å². The van der Waals surface area contributed by atoms with Gasteiger partial charge >= 0.3 is 5.97 Å². The summed E-state index contributed by atoms with van der Waals surface area (Å²) in [5, 5.41) is 17.6. The largest absolute Gasteiger partial charge is 0.477 e. The van der Waals surface area contributed by atoms with Crippen molar-refractivity contribution < 1.29 is 15.0 Å². The number of aliphatic hydroxyl groups excluding tert-OH is 1. The molecule has 0 aromatic carbocycles. The summed E-state index contributed by atoms with van der Waals surface area (Å²) in [6, 6.07) is 4.68. The van der Waals surface area contributed by atoms with Gasteiger partial charge < -0.3 is 10.2 Å². The second-order valence-electron chi connectivity index (χ2n) is 3.12. The lowest BCUT2D eigenvalue weighted by atomic mass is 10.3. The van der Waals surface area contributed by atoms with E-state index in [1.807, 2.05) is 0 Å². The Morgan fingerprint density at radius 2 is 2.25 bits per heavy atom. The third kappa shape index (κ3) is 1.91. The first-order valence-corrected chi connectivity index (χ1v) is 4.55. The molecule has 2 aromatic rings. The number of carboxylic acid groups (broad SMARTS) is 1. The van der Waals surface area contributed by atoms with Crippen LogP contribution in [0.1, 0.15) is 16.2 Å². The first-order chi connectivity index (χ1) is 7.70. The minimum Gasteiger partial charge on any atom is -0.477 e. The van der Waals surface area contributed by atoms with E-state index in [1.54, 1.807) is 22.9 Å². The van der Waals surface area contributed by atoms with E-state index < -0.39 is 5.97 Å². The van der Waals surface area contributed by atoms with Gasteiger partial charge in [0.25, 0.3) is 0 Å². The normalized spacial score (nSPS) is 10.3. The van der Waals surface area contributed by atoms with E-state index in [0.717, 1.165) is 0 Å². The molecular formula is C10H9N3O3. The number of carboxylic acids is 1. The highest BCUT2D eigenvalue weighted by Crippen LogP contribution is 2.07. The number of nitrogens with zero attached hydrogens (tertiary/aromatic N) is 3. The summed E-state index contributed by atoms with van der Waals surface area (Å²) in [5.41, 5.74) is 0.472. The summed E-state index contributed by atoms with van der Waals surface area (Å²) in [6.45, 7) is -0.161. The van der Waals surface area contributed by atoms with Crippen LogP contribution < -0.4 is 0 Å². The zero-order valence-electron chi connectivity index (χ0n) is 8.24. The molecule has 2 rings (SSSR count). The third-order valence-corrected chi connectivity index (χ3v) is 2.02. The second-order valence-corrected chi connectivity index (χ2v) is 3.12. The first kappa shape index (κ1) is 10.3. The Morgan fingerprint density at radius 1 is 1.44 bits per heavy atom. The Balaban J connectivity index is 2.40. The molecule has 82 valence electrons. The lowest BCUT2D eigenvalue weighted by Gasteiger charge is -2.01. The van der Waals surface area contributed by atoms with Gasteiger partial charge in [0.1, 0.15) is 12.1 Å². The van der Waals surface area contributed by atoms with Crippen molar-refractivity contribution in [2.24, 2.45) is 0 Å². The van der Waals surface area contributed by atoms with Gasteiger partial charge in [0.2, 0.25) is 0 Å². The molecule has 2 heterocycles. The van der Waals surface area contributed by atoms with Gasteiger partial charge in [0.05, 0.1) is 12.3 Å². The Hall–Kier alpha value is -2.21. The molecule has 0 amide bonds. The fourth-order valence-corrected chi connectivity index (χ4v) is 1.26. The van der Waals surface area contributed by atoms with E-state index in [-0.39, 0.29) is 12.3 Å². The van der Waals surface area contributed by atoms with E-state index in [4.69, 9.17) is 10.2 Å². The van der Waals surface area contributed by atoms with Gasteiger partial charge in [0, 0.05) is 6.20 Å². The predicted octanol–water partition coefficient (Wildman–Crippen LogP) is 0.458. The van der Waals surface area contributed by atoms with Crippen molar-refractivity contribution >= 4 is 5.97 Å². The van der Waals surface area contributed by atoms with Crippen LogP contribution in [0.15, 0.2) is 30.7 Å².